The van der Waals surface area contributed by atoms with Crippen LogP contribution in [-0.4, -0.2) is 11.8 Å². The van der Waals surface area contributed by atoms with Crippen molar-refractivity contribution in [2.45, 2.75) is 31.6 Å². The van der Waals surface area contributed by atoms with Gasteiger partial charge in [-0.3, -0.25) is 9.59 Å². The molecule has 0 bridgehead atoms. The molecule has 3 rings (SSSR count). The highest BCUT2D eigenvalue weighted by Crippen LogP contribution is 2.44. The lowest BCUT2D eigenvalue weighted by atomic mass is 9.64. The molecule has 0 atom stereocenters. The van der Waals surface area contributed by atoms with Gasteiger partial charge in [0.2, 0.25) is 11.8 Å². The SMILES string of the molecule is CC(=O)Nc1ccc(NC(=O)C2(c3ccc(F)cc3)CCC2)cc1Cl. The van der Waals surface area contributed by atoms with Gasteiger partial charge in [-0.1, -0.05) is 30.2 Å². The summed E-state index contributed by atoms with van der Waals surface area (Å²) in [6, 6.07) is 11.0. The third-order valence-electron chi connectivity index (χ3n) is 4.58. The Bertz CT molecular complexity index is 817. The largest absolute Gasteiger partial charge is 0.325 e. The van der Waals surface area contributed by atoms with E-state index in [-0.39, 0.29) is 17.6 Å². The molecule has 0 radical (unpaired) electrons. The molecule has 2 N–H and O–H groups in total. The van der Waals surface area contributed by atoms with Crippen LogP contribution in [0.4, 0.5) is 15.8 Å². The summed E-state index contributed by atoms with van der Waals surface area (Å²) < 4.78 is 13.2. The Morgan fingerprint density at radius 3 is 2.28 bits per heavy atom. The molecular formula is C19H18ClFN2O2. The Morgan fingerprint density at radius 2 is 1.76 bits per heavy atom. The van der Waals surface area contributed by atoms with Crippen LogP contribution in [-0.2, 0) is 15.0 Å². The Labute approximate surface area is 150 Å². The van der Waals surface area contributed by atoms with Crippen LogP contribution in [0.3, 0.4) is 0 Å². The summed E-state index contributed by atoms with van der Waals surface area (Å²) >= 11 is 6.15. The van der Waals surface area contributed by atoms with E-state index in [1.165, 1.54) is 19.1 Å². The maximum absolute atomic E-state index is 13.2. The number of nitrogens with one attached hydrogen (secondary N) is 2. The summed E-state index contributed by atoms with van der Waals surface area (Å²) in [6.45, 7) is 1.40. The van der Waals surface area contributed by atoms with Gasteiger partial charge in [-0.25, -0.2) is 4.39 Å². The maximum atomic E-state index is 13.2. The Balaban J connectivity index is 1.80. The van der Waals surface area contributed by atoms with E-state index in [2.05, 4.69) is 10.6 Å². The highest BCUT2D eigenvalue weighted by Gasteiger charge is 2.45. The van der Waals surface area contributed by atoms with Crippen LogP contribution in [0.5, 0.6) is 0 Å². The van der Waals surface area contributed by atoms with Crippen LogP contribution in [0.25, 0.3) is 0 Å². The van der Waals surface area contributed by atoms with E-state index in [4.69, 9.17) is 11.6 Å². The third-order valence-corrected chi connectivity index (χ3v) is 4.89. The summed E-state index contributed by atoms with van der Waals surface area (Å²) in [5.41, 5.74) is 1.23. The Hall–Kier alpha value is -2.40. The third kappa shape index (κ3) is 3.51. The predicted molar refractivity (Wildman–Crippen MR) is 96.3 cm³/mol. The van der Waals surface area contributed by atoms with E-state index in [1.807, 2.05) is 0 Å². The Morgan fingerprint density at radius 1 is 1.08 bits per heavy atom. The molecule has 1 aliphatic rings. The smallest absolute Gasteiger partial charge is 0.235 e. The molecule has 1 aliphatic carbocycles. The molecule has 1 saturated carbocycles. The minimum Gasteiger partial charge on any atom is -0.325 e. The van der Waals surface area contributed by atoms with Crippen LogP contribution < -0.4 is 10.6 Å². The standard InChI is InChI=1S/C19H18ClFN2O2/c1-12(24)22-17-8-7-15(11-16(17)20)23-18(25)19(9-2-10-19)13-3-5-14(21)6-4-13/h3-8,11H,2,9-10H2,1H3,(H,22,24)(H,23,25). The van der Waals surface area contributed by atoms with Gasteiger partial charge in [-0.05, 0) is 48.7 Å². The quantitative estimate of drug-likeness (QED) is 0.843. The summed E-state index contributed by atoms with van der Waals surface area (Å²) in [5.74, 6) is -0.670. The molecule has 2 amide bonds. The molecule has 0 spiro atoms. The Kier molecular flexibility index (Phi) is 4.77. The number of anilines is 2. The van der Waals surface area contributed by atoms with Gasteiger partial charge < -0.3 is 10.6 Å². The first-order valence-electron chi connectivity index (χ1n) is 8.05. The second-order valence-corrected chi connectivity index (χ2v) is 6.68. The van der Waals surface area contributed by atoms with Gasteiger partial charge in [-0.15, -0.1) is 0 Å². The zero-order valence-corrected chi connectivity index (χ0v) is 14.5. The van der Waals surface area contributed by atoms with Crippen LogP contribution in [0.2, 0.25) is 5.02 Å². The van der Waals surface area contributed by atoms with E-state index in [0.717, 1.165) is 24.8 Å². The van der Waals surface area contributed by atoms with Gasteiger partial charge in [-0.2, -0.15) is 0 Å². The minimum absolute atomic E-state index is 0.131. The number of hydrogen-bond acceptors (Lipinski definition) is 2. The highest BCUT2D eigenvalue weighted by atomic mass is 35.5. The molecule has 25 heavy (non-hydrogen) atoms. The van der Waals surface area contributed by atoms with Crippen molar-refractivity contribution in [1.29, 1.82) is 0 Å². The number of rotatable bonds is 4. The van der Waals surface area contributed by atoms with Crippen LogP contribution in [0, 0.1) is 5.82 Å². The topological polar surface area (TPSA) is 58.2 Å². The molecule has 0 aliphatic heterocycles. The van der Waals surface area contributed by atoms with Gasteiger partial charge in [0.1, 0.15) is 5.82 Å². The summed E-state index contributed by atoms with van der Waals surface area (Å²) in [7, 11) is 0. The lowest BCUT2D eigenvalue weighted by molar-refractivity contribution is -0.124. The van der Waals surface area contributed by atoms with E-state index in [0.29, 0.717) is 16.4 Å². The molecule has 2 aromatic carbocycles. The van der Waals surface area contributed by atoms with Crippen LogP contribution in [0.15, 0.2) is 42.5 Å². The molecule has 0 heterocycles. The average molecular weight is 361 g/mol. The zero-order chi connectivity index (χ0) is 18.0. The molecule has 0 aromatic heterocycles. The number of carbonyl (C=O) groups excluding carboxylic acids is 2. The summed E-state index contributed by atoms with van der Waals surface area (Å²) in [4.78, 5) is 24.0. The van der Waals surface area contributed by atoms with Crippen molar-refractivity contribution < 1.29 is 14.0 Å². The lowest BCUT2D eigenvalue weighted by Gasteiger charge is -2.40. The van der Waals surface area contributed by atoms with Gasteiger partial charge >= 0.3 is 0 Å². The molecule has 4 nitrogen and oxygen atoms in total. The monoisotopic (exact) mass is 360 g/mol. The number of benzene rings is 2. The highest BCUT2D eigenvalue weighted by molar-refractivity contribution is 6.34. The molecule has 0 unspecified atom stereocenters. The molecule has 6 heteroatoms. The maximum Gasteiger partial charge on any atom is 0.235 e. The van der Waals surface area contributed by atoms with Crippen molar-refractivity contribution in [2.75, 3.05) is 10.6 Å². The molecular weight excluding hydrogens is 343 g/mol. The number of amides is 2. The number of hydrogen-bond donors (Lipinski definition) is 2. The van der Waals surface area contributed by atoms with Gasteiger partial charge in [0.25, 0.3) is 0 Å². The predicted octanol–water partition coefficient (Wildman–Crippen LogP) is 4.50. The van der Waals surface area contributed by atoms with Gasteiger partial charge in [0, 0.05) is 12.6 Å². The minimum atomic E-state index is -0.628. The molecule has 2 aromatic rings. The first kappa shape index (κ1) is 17.4. The molecule has 0 saturated heterocycles. The second kappa shape index (κ2) is 6.84. The van der Waals surface area contributed by atoms with Gasteiger partial charge in [0.05, 0.1) is 16.1 Å². The normalized spacial score (nSPS) is 15.2. The molecule has 130 valence electrons. The summed E-state index contributed by atoms with van der Waals surface area (Å²) in [5, 5.41) is 5.85. The lowest BCUT2D eigenvalue weighted by Crippen LogP contribution is -2.46. The van der Waals surface area contributed by atoms with E-state index in [9.17, 15) is 14.0 Å². The van der Waals surface area contributed by atoms with Crippen molar-refractivity contribution >= 4 is 34.8 Å². The summed E-state index contributed by atoms with van der Waals surface area (Å²) in [6.07, 6.45) is 2.40. The van der Waals surface area contributed by atoms with Crippen molar-refractivity contribution in [3.63, 3.8) is 0 Å². The first-order chi connectivity index (χ1) is 11.9. The number of carbonyl (C=O) groups is 2. The fraction of sp³-hybridized carbons (Fsp3) is 0.263. The number of halogens is 2. The fourth-order valence-electron chi connectivity index (χ4n) is 3.08. The van der Waals surface area contributed by atoms with E-state index >= 15 is 0 Å². The molecule has 1 fully saturated rings. The van der Waals surface area contributed by atoms with Crippen molar-refractivity contribution in [2.24, 2.45) is 0 Å². The van der Waals surface area contributed by atoms with Crippen LogP contribution in [0.1, 0.15) is 31.7 Å². The average Bonchev–Trinajstić information content (AvgIpc) is 2.50. The first-order valence-corrected chi connectivity index (χ1v) is 8.43. The van der Waals surface area contributed by atoms with Crippen LogP contribution >= 0.6 is 11.6 Å². The van der Waals surface area contributed by atoms with E-state index < -0.39 is 5.41 Å². The van der Waals surface area contributed by atoms with E-state index in [1.54, 1.807) is 30.3 Å². The zero-order valence-electron chi connectivity index (χ0n) is 13.7. The van der Waals surface area contributed by atoms with Gasteiger partial charge in [0.15, 0.2) is 0 Å². The van der Waals surface area contributed by atoms with Crippen molar-refractivity contribution in [1.82, 2.24) is 0 Å². The van der Waals surface area contributed by atoms with Crippen molar-refractivity contribution in [3.05, 3.63) is 58.9 Å². The second-order valence-electron chi connectivity index (χ2n) is 6.27. The fourth-order valence-corrected chi connectivity index (χ4v) is 3.31. The van der Waals surface area contributed by atoms with Crippen molar-refractivity contribution in [3.8, 4) is 0 Å².